The van der Waals surface area contributed by atoms with E-state index in [1.54, 1.807) is 0 Å². The van der Waals surface area contributed by atoms with Crippen molar-refractivity contribution in [2.75, 3.05) is 6.54 Å². The second-order valence-corrected chi connectivity index (χ2v) is 9.05. The van der Waals surface area contributed by atoms with Crippen molar-refractivity contribution in [2.24, 2.45) is 11.3 Å². The van der Waals surface area contributed by atoms with Crippen LogP contribution in [-0.2, 0) is 4.74 Å². The summed E-state index contributed by atoms with van der Waals surface area (Å²) in [7, 11) is 0. The van der Waals surface area contributed by atoms with Crippen molar-refractivity contribution in [3.05, 3.63) is 0 Å². The summed E-state index contributed by atoms with van der Waals surface area (Å²) in [6.07, 6.45) is 2.09. The van der Waals surface area contributed by atoms with Crippen LogP contribution in [-0.4, -0.2) is 29.8 Å². The summed E-state index contributed by atoms with van der Waals surface area (Å²) in [5.41, 5.74) is -0.369. The van der Waals surface area contributed by atoms with Crippen molar-refractivity contribution in [3.8, 4) is 0 Å². The molecule has 21 heavy (non-hydrogen) atoms. The van der Waals surface area contributed by atoms with Gasteiger partial charge in [0.25, 0.3) is 0 Å². The van der Waals surface area contributed by atoms with Gasteiger partial charge in [0.1, 0.15) is 5.60 Å². The Bertz CT molecular complexity index is 369. The second kappa shape index (κ2) is 6.15. The molecule has 0 saturated heterocycles. The first-order chi connectivity index (χ1) is 9.30. The number of ether oxygens (including phenoxy) is 1. The summed E-state index contributed by atoms with van der Waals surface area (Å²) in [5.74, 6) is 0.678. The maximum atomic E-state index is 11.9. The van der Waals surface area contributed by atoms with E-state index in [9.17, 15) is 4.79 Å². The van der Waals surface area contributed by atoms with Crippen molar-refractivity contribution in [3.63, 3.8) is 0 Å². The number of alkyl carbamates (subject to hydrolysis) is 1. The summed E-state index contributed by atoms with van der Waals surface area (Å²) >= 11 is 0. The first-order valence-corrected chi connectivity index (χ1v) is 8.04. The quantitative estimate of drug-likeness (QED) is 0.832. The van der Waals surface area contributed by atoms with Crippen molar-refractivity contribution < 1.29 is 9.53 Å². The highest BCUT2D eigenvalue weighted by atomic mass is 16.6. The fourth-order valence-electron chi connectivity index (χ4n) is 3.18. The zero-order chi connectivity index (χ0) is 16.5. The second-order valence-electron chi connectivity index (χ2n) is 9.05. The number of rotatable bonds is 4. The third-order valence-corrected chi connectivity index (χ3v) is 3.98. The molecular formula is C17H34N2O2. The van der Waals surface area contributed by atoms with Gasteiger partial charge in [-0.3, -0.25) is 0 Å². The molecule has 1 amide bonds. The predicted molar refractivity (Wildman–Crippen MR) is 87.4 cm³/mol. The molecule has 0 spiro atoms. The number of carbonyl (C=O) groups excluding carboxylic acids is 1. The minimum absolute atomic E-state index is 0.325. The van der Waals surface area contributed by atoms with Crippen LogP contribution in [0.15, 0.2) is 0 Å². The van der Waals surface area contributed by atoms with E-state index in [0.29, 0.717) is 17.4 Å². The smallest absolute Gasteiger partial charge is 0.408 e. The molecule has 0 bridgehead atoms. The van der Waals surface area contributed by atoms with Gasteiger partial charge in [0, 0.05) is 12.6 Å². The normalized spacial score (nSPS) is 25.7. The Labute approximate surface area is 130 Å². The molecule has 1 aliphatic rings. The molecule has 0 aliphatic heterocycles. The SMILES string of the molecule is CC1CC(C)(C)CC1NCC(C)(C)NC(=O)OC(C)(C)C. The Balaban J connectivity index is 2.44. The molecule has 0 radical (unpaired) electrons. The third kappa shape index (κ3) is 6.68. The van der Waals surface area contributed by atoms with Crippen LogP contribution in [0.5, 0.6) is 0 Å². The molecule has 0 aromatic heterocycles. The molecule has 0 aromatic carbocycles. The standard InChI is InChI=1S/C17H34N2O2/c1-12-9-16(5,6)10-13(12)18-11-17(7,8)19-14(20)21-15(2,3)4/h12-13,18H,9-11H2,1-8H3,(H,19,20). The molecule has 124 valence electrons. The molecule has 0 heterocycles. The molecule has 0 aromatic rings. The molecule has 1 rings (SSSR count). The van der Waals surface area contributed by atoms with E-state index in [0.717, 1.165) is 6.54 Å². The molecule has 1 aliphatic carbocycles. The molecule has 1 fully saturated rings. The van der Waals surface area contributed by atoms with Gasteiger partial charge in [0.2, 0.25) is 0 Å². The van der Waals surface area contributed by atoms with Gasteiger partial charge in [-0.2, -0.15) is 0 Å². The largest absolute Gasteiger partial charge is 0.444 e. The van der Waals surface area contributed by atoms with E-state index in [4.69, 9.17) is 4.74 Å². The Morgan fingerprint density at radius 3 is 2.19 bits per heavy atom. The molecule has 2 N–H and O–H groups in total. The van der Waals surface area contributed by atoms with Crippen LogP contribution in [0.2, 0.25) is 0 Å². The minimum atomic E-state index is -0.461. The van der Waals surface area contributed by atoms with Crippen LogP contribution in [0.3, 0.4) is 0 Å². The van der Waals surface area contributed by atoms with E-state index < -0.39 is 5.60 Å². The maximum absolute atomic E-state index is 11.9. The highest BCUT2D eigenvalue weighted by Gasteiger charge is 2.37. The highest BCUT2D eigenvalue weighted by molar-refractivity contribution is 5.68. The average molecular weight is 298 g/mol. The van der Waals surface area contributed by atoms with Gasteiger partial charge in [-0.25, -0.2) is 4.79 Å². The average Bonchev–Trinajstić information content (AvgIpc) is 2.45. The first kappa shape index (κ1) is 18.3. The molecule has 2 atom stereocenters. The van der Waals surface area contributed by atoms with E-state index >= 15 is 0 Å². The summed E-state index contributed by atoms with van der Waals surface area (Å²) in [5, 5.41) is 6.57. The fourth-order valence-corrected chi connectivity index (χ4v) is 3.18. The van der Waals surface area contributed by atoms with E-state index in [1.807, 2.05) is 34.6 Å². The maximum Gasteiger partial charge on any atom is 0.408 e. The number of nitrogens with one attached hydrogen (secondary N) is 2. The summed E-state index contributed by atoms with van der Waals surface area (Å²) in [4.78, 5) is 11.9. The lowest BCUT2D eigenvalue weighted by Crippen LogP contribution is -2.53. The Kier molecular flexibility index (Phi) is 5.36. The van der Waals surface area contributed by atoms with Gasteiger partial charge in [0.05, 0.1) is 5.54 Å². The van der Waals surface area contributed by atoms with Crippen LogP contribution in [0.25, 0.3) is 0 Å². The van der Waals surface area contributed by atoms with Gasteiger partial charge in [-0.05, 0) is 58.8 Å². The Hall–Kier alpha value is -0.770. The number of amides is 1. The van der Waals surface area contributed by atoms with Crippen molar-refractivity contribution >= 4 is 6.09 Å². The lowest BCUT2D eigenvalue weighted by molar-refractivity contribution is 0.0470. The Morgan fingerprint density at radius 1 is 1.19 bits per heavy atom. The van der Waals surface area contributed by atoms with Crippen molar-refractivity contribution in [1.29, 1.82) is 0 Å². The Morgan fingerprint density at radius 2 is 1.76 bits per heavy atom. The van der Waals surface area contributed by atoms with Gasteiger partial charge in [-0.15, -0.1) is 0 Å². The topological polar surface area (TPSA) is 50.4 Å². The predicted octanol–water partition coefficient (Wildman–Crippen LogP) is 3.70. The number of carbonyl (C=O) groups is 1. The molecular weight excluding hydrogens is 264 g/mol. The van der Waals surface area contributed by atoms with Crippen LogP contribution in [0, 0.1) is 11.3 Å². The number of hydrogen-bond donors (Lipinski definition) is 2. The van der Waals surface area contributed by atoms with Gasteiger partial charge in [0.15, 0.2) is 0 Å². The van der Waals surface area contributed by atoms with Crippen LogP contribution in [0.4, 0.5) is 4.79 Å². The van der Waals surface area contributed by atoms with Crippen molar-refractivity contribution in [1.82, 2.24) is 10.6 Å². The zero-order valence-corrected chi connectivity index (χ0v) is 15.1. The molecule has 4 nitrogen and oxygen atoms in total. The zero-order valence-electron chi connectivity index (χ0n) is 15.1. The monoisotopic (exact) mass is 298 g/mol. The molecule has 4 heteroatoms. The summed E-state index contributed by atoms with van der Waals surface area (Å²) in [6.45, 7) is 17.4. The van der Waals surface area contributed by atoms with Gasteiger partial charge in [-0.1, -0.05) is 20.8 Å². The molecule has 2 unspecified atom stereocenters. The minimum Gasteiger partial charge on any atom is -0.444 e. The van der Waals surface area contributed by atoms with Crippen molar-refractivity contribution in [2.45, 2.75) is 85.4 Å². The number of hydrogen-bond acceptors (Lipinski definition) is 3. The van der Waals surface area contributed by atoms with Crippen LogP contribution < -0.4 is 10.6 Å². The summed E-state index contributed by atoms with van der Waals surface area (Å²) < 4.78 is 5.32. The highest BCUT2D eigenvalue weighted by Crippen LogP contribution is 2.40. The summed E-state index contributed by atoms with van der Waals surface area (Å²) in [6, 6.07) is 0.528. The lowest BCUT2D eigenvalue weighted by atomic mass is 9.91. The lowest BCUT2D eigenvalue weighted by Gasteiger charge is -2.31. The third-order valence-electron chi connectivity index (χ3n) is 3.98. The molecule has 1 saturated carbocycles. The van der Waals surface area contributed by atoms with E-state index in [1.165, 1.54) is 12.8 Å². The fraction of sp³-hybridized carbons (Fsp3) is 0.941. The first-order valence-electron chi connectivity index (χ1n) is 8.04. The van der Waals surface area contributed by atoms with Crippen LogP contribution in [0.1, 0.15) is 68.2 Å². The van der Waals surface area contributed by atoms with E-state index in [2.05, 4.69) is 31.4 Å². The van der Waals surface area contributed by atoms with Gasteiger partial charge >= 0.3 is 6.09 Å². The van der Waals surface area contributed by atoms with Crippen LogP contribution >= 0.6 is 0 Å². The van der Waals surface area contributed by atoms with E-state index in [-0.39, 0.29) is 11.6 Å². The van der Waals surface area contributed by atoms with Gasteiger partial charge < -0.3 is 15.4 Å².